The molecule has 1 amide bonds. The van der Waals surface area contributed by atoms with Gasteiger partial charge >= 0.3 is 0 Å². The summed E-state index contributed by atoms with van der Waals surface area (Å²) in [6, 6.07) is 3.81. The maximum Gasteiger partial charge on any atom is 0.253 e. The fourth-order valence-corrected chi connectivity index (χ4v) is 3.02. The Kier molecular flexibility index (Phi) is 10.4. The Morgan fingerprint density at radius 3 is 2.32 bits per heavy atom. The van der Waals surface area contributed by atoms with Crippen LogP contribution in [0.4, 0.5) is 5.82 Å². The number of pyridine rings is 1. The molecule has 3 N–H and O–H groups in total. The first-order chi connectivity index (χ1) is 11.0. The molecule has 0 bridgehead atoms. The van der Waals surface area contributed by atoms with Crippen LogP contribution in [0.25, 0.3) is 0 Å². The third-order valence-corrected chi connectivity index (χ3v) is 5.24. The highest BCUT2D eigenvalue weighted by atomic mass is 35.5. The molecule has 0 atom stereocenters. The number of anilines is 1. The zero-order valence-corrected chi connectivity index (χ0v) is 17.1. The molecule has 0 radical (unpaired) electrons. The van der Waals surface area contributed by atoms with E-state index in [0.717, 1.165) is 37.7 Å². The maximum atomic E-state index is 12.4. The number of rotatable bonds is 6. The van der Waals surface area contributed by atoms with Crippen molar-refractivity contribution in [3.05, 3.63) is 23.9 Å². The molecule has 0 spiro atoms. The average Bonchev–Trinajstić information content (AvgIpc) is 2.60. The van der Waals surface area contributed by atoms with Gasteiger partial charge in [-0.15, -0.1) is 24.8 Å². The normalized spacial score (nSPS) is 15.1. The van der Waals surface area contributed by atoms with Gasteiger partial charge in [-0.25, -0.2) is 4.98 Å². The molecule has 0 unspecified atom stereocenters. The Labute approximate surface area is 164 Å². The van der Waals surface area contributed by atoms with Crippen LogP contribution in [0.1, 0.15) is 56.8 Å². The van der Waals surface area contributed by atoms with E-state index in [1.165, 1.54) is 12.8 Å². The summed E-state index contributed by atoms with van der Waals surface area (Å²) >= 11 is 0. The first kappa shape index (κ1) is 24.0. The van der Waals surface area contributed by atoms with Gasteiger partial charge in [0.1, 0.15) is 5.82 Å². The summed E-state index contributed by atoms with van der Waals surface area (Å²) < 4.78 is 0. The molecular formula is C18H32Cl2N4O. The maximum absolute atomic E-state index is 12.4. The van der Waals surface area contributed by atoms with Crippen molar-refractivity contribution in [3.63, 3.8) is 0 Å². The summed E-state index contributed by atoms with van der Waals surface area (Å²) in [7, 11) is 0. The average molecular weight is 391 g/mol. The standard InChI is InChI=1S/C18H30N4O.2ClH/c1-4-18(5-2,13-19)21-17(23)15-6-7-16(20-12-15)22-10-8-14(3)9-11-22;;/h6-7,12,14H,4-5,8-11,13,19H2,1-3H3,(H,21,23);2*1H. The minimum atomic E-state index is -0.321. The minimum absolute atomic E-state index is 0. The highest BCUT2D eigenvalue weighted by Gasteiger charge is 2.27. The van der Waals surface area contributed by atoms with Gasteiger partial charge in [-0.3, -0.25) is 4.79 Å². The van der Waals surface area contributed by atoms with E-state index >= 15 is 0 Å². The summed E-state index contributed by atoms with van der Waals surface area (Å²) in [5, 5.41) is 3.08. The van der Waals surface area contributed by atoms with Crippen LogP contribution in [0, 0.1) is 5.92 Å². The summed E-state index contributed by atoms with van der Waals surface area (Å²) in [6.45, 7) is 8.93. The lowest BCUT2D eigenvalue weighted by atomic mass is 9.92. The van der Waals surface area contributed by atoms with E-state index in [1.54, 1.807) is 6.20 Å². The smallest absolute Gasteiger partial charge is 0.253 e. The number of amides is 1. The molecule has 144 valence electrons. The molecule has 2 heterocycles. The molecule has 1 aliphatic heterocycles. The minimum Gasteiger partial charge on any atom is -0.357 e. The predicted octanol–water partition coefficient (Wildman–Crippen LogP) is 3.41. The van der Waals surface area contributed by atoms with Crippen molar-refractivity contribution < 1.29 is 4.79 Å². The van der Waals surface area contributed by atoms with Gasteiger partial charge in [-0.05, 0) is 43.7 Å². The van der Waals surface area contributed by atoms with E-state index < -0.39 is 0 Å². The van der Waals surface area contributed by atoms with Crippen molar-refractivity contribution in [3.8, 4) is 0 Å². The van der Waals surface area contributed by atoms with Gasteiger partial charge in [0, 0.05) is 25.8 Å². The second kappa shape index (κ2) is 10.8. The van der Waals surface area contributed by atoms with Crippen LogP contribution in [-0.4, -0.2) is 36.1 Å². The van der Waals surface area contributed by atoms with E-state index in [2.05, 4.69) is 36.0 Å². The number of hydrogen-bond donors (Lipinski definition) is 2. The molecule has 1 saturated heterocycles. The Bertz CT molecular complexity index is 504. The molecule has 1 aliphatic rings. The summed E-state index contributed by atoms with van der Waals surface area (Å²) in [4.78, 5) is 19.2. The van der Waals surface area contributed by atoms with Gasteiger partial charge in [-0.1, -0.05) is 20.8 Å². The number of carbonyl (C=O) groups excluding carboxylic acids is 1. The number of halogens is 2. The first-order valence-corrected chi connectivity index (χ1v) is 8.77. The van der Waals surface area contributed by atoms with Crippen LogP contribution in [0.2, 0.25) is 0 Å². The number of nitrogens with one attached hydrogen (secondary N) is 1. The molecular weight excluding hydrogens is 359 g/mol. The monoisotopic (exact) mass is 390 g/mol. The fourth-order valence-electron chi connectivity index (χ4n) is 3.02. The second-order valence-corrected chi connectivity index (χ2v) is 6.72. The number of nitrogens with two attached hydrogens (primary N) is 1. The van der Waals surface area contributed by atoms with Crippen LogP contribution in [-0.2, 0) is 0 Å². The van der Waals surface area contributed by atoms with Crippen LogP contribution in [0.15, 0.2) is 18.3 Å². The first-order valence-electron chi connectivity index (χ1n) is 8.77. The number of nitrogens with zero attached hydrogens (tertiary/aromatic N) is 2. The molecule has 5 nitrogen and oxygen atoms in total. The van der Waals surface area contributed by atoms with Crippen molar-refractivity contribution in [1.82, 2.24) is 10.3 Å². The van der Waals surface area contributed by atoms with E-state index in [0.29, 0.717) is 12.1 Å². The summed E-state index contributed by atoms with van der Waals surface area (Å²) in [6.07, 6.45) is 5.73. The lowest BCUT2D eigenvalue weighted by molar-refractivity contribution is 0.0895. The molecule has 1 aromatic rings. The Morgan fingerprint density at radius 2 is 1.88 bits per heavy atom. The van der Waals surface area contributed by atoms with Crippen molar-refractivity contribution >= 4 is 36.5 Å². The van der Waals surface area contributed by atoms with Crippen molar-refractivity contribution in [2.75, 3.05) is 24.5 Å². The highest BCUT2D eigenvalue weighted by molar-refractivity contribution is 5.94. The summed E-state index contributed by atoms with van der Waals surface area (Å²) in [5.74, 6) is 1.67. The fraction of sp³-hybridized carbons (Fsp3) is 0.667. The molecule has 0 aliphatic carbocycles. The van der Waals surface area contributed by atoms with Gasteiger partial charge in [0.05, 0.1) is 11.1 Å². The molecule has 2 rings (SSSR count). The number of aromatic nitrogens is 1. The predicted molar refractivity (Wildman–Crippen MR) is 109 cm³/mol. The Balaban J connectivity index is 0.00000288. The van der Waals surface area contributed by atoms with Gasteiger partial charge in [0.15, 0.2) is 0 Å². The molecule has 25 heavy (non-hydrogen) atoms. The largest absolute Gasteiger partial charge is 0.357 e. The van der Waals surface area contributed by atoms with Gasteiger partial charge in [-0.2, -0.15) is 0 Å². The number of carbonyl (C=O) groups is 1. The third kappa shape index (κ3) is 6.01. The number of piperidine rings is 1. The number of hydrogen-bond acceptors (Lipinski definition) is 4. The molecule has 7 heteroatoms. The topological polar surface area (TPSA) is 71.2 Å². The van der Waals surface area contributed by atoms with E-state index in [1.807, 2.05) is 12.1 Å². The van der Waals surface area contributed by atoms with Gasteiger partial charge in [0.2, 0.25) is 0 Å². The van der Waals surface area contributed by atoms with Gasteiger partial charge < -0.3 is 16.0 Å². The lowest BCUT2D eigenvalue weighted by Crippen LogP contribution is -2.52. The van der Waals surface area contributed by atoms with E-state index in [9.17, 15) is 4.79 Å². The second-order valence-electron chi connectivity index (χ2n) is 6.72. The highest BCUT2D eigenvalue weighted by Crippen LogP contribution is 2.21. The third-order valence-electron chi connectivity index (χ3n) is 5.24. The molecule has 0 saturated carbocycles. The Morgan fingerprint density at radius 1 is 1.28 bits per heavy atom. The lowest BCUT2D eigenvalue weighted by Gasteiger charge is -2.32. The van der Waals surface area contributed by atoms with Crippen LogP contribution in [0.3, 0.4) is 0 Å². The van der Waals surface area contributed by atoms with E-state index in [4.69, 9.17) is 5.73 Å². The Hall–Kier alpha value is -1.04. The quantitative estimate of drug-likeness (QED) is 0.780. The molecule has 0 aromatic carbocycles. The van der Waals surface area contributed by atoms with Crippen LogP contribution in [0.5, 0.6) is 0 Å². The van der Waals surface area contributed by atoms with Crippen molar-refractivity contribution in [2.24, 2.45) is 11.7 Å². The van der Waals surface area contributed by atoms with Crippen LogP contribution >= 0.6 is 24.8 Å². The SMILES string of the molecule is CCC(CC)(CN)NC(=O)c1ccc(N2CCC(C)CC2)nc1.Cl.Cl. The zero-order chi connectivity index (χ0) is 16.9. The van der Waals surface area contributed by atoms with E-state index in [-0.39, 0.29) is 36.3 Å². The van der Waals surface area contributed by atoms with Crippen LogP contribution < -0.4 is 16.0 Å². The zero-order valence-electron chi connectivity index (χ0n) is 15.5. The molecule has 1 fully saturated rings. The van der Waals surface area contributed by atoms with Crippen molar-refractivity contribution in [1.29, 1.82) is 0 Å². The van der Waals surface area contributed by atoms with Crippen molar-refractivity contribution in [2.45, 2.75) is 52.0 Å². The van der Waals surface area contributed by atoms with Gasteiger partial charge in [0.25, 0.3) is 5.91 Å². The summed E-state index contributed by atoms with van der Waals surface area (Å²) in [5.41, 5.74) is 6.13. The molecule has 1 aromatic heterocycles.